The number of pyridine rings is 2. The Kier molecular flexibility index (Phi) is 7.20. The van der Waals surface area contributed by atoms with Gasteiger partial charge in [0.25, 0.3) is 0 Å². The normalized spacial score (nSPS) is 10.5. The van der Waals surface area contributed by atoms with Gasteiger partial charge in [-0.3, -0.25) is 4.98 Å². The Balaban J connectivity index is 0.00000136. The first kappa shape index (κ1) is 21.0. The first-order valence-corrected chi connectivity index (χ1v) is 8.43. The molecule has 0 atom stereocenters. The van der Waals surface area contributed by atoms with Crippen molar-refractivity contribution in [1.82, 2.24) is 9.97 Å². The number of ether oxygens (including phenoxy) is 3. The Bertz CT molecular complexity index is 884. The average Bonchev–Trinajstić information content (AvgIpc) is 2.70. The van der Waals surface area contributed by atoms with Crippen LogP contribution in [0.3, 0.4) is 0 Å². The highest BCUT2D eigenvalue weighted by Gasteiger charge is 2.31. The molecule has 3 aromatic rings. The van der Waals surface area contributed by atoms with Crippen LogP contribution in [-0.4, -0.2) is 23.4 Å². The van der Waals surface area contributed by atoms with E-state index in [1.807, 2.05) is 13.8 Å². The first-order valence-electron chi connectivity index (χ1n) is 8.43. The maximum Gasteiger partial charge on any atom is 0.573 e. The predicted octanol–water partition coefficient (Wildman–Crippen LogP) is 5.87. The molecular weight excluding hydrogens is 373 g/mol. The second-order valence-electron chi connectivity index (χ2n) is 5.05. The molecule has 28 heavy (non-hydrogen) atoms. The molecule has 0 bridgehead atoms. The number of hydrogen-bond acceptors (Lipinski definition) is 5. The monoisotopic (exact) mass is 392 g/mol. The maximum atomic E-state index is 12.2. The molecule has 0 amide bonds. The first-order chi connectivity index (χ1) is 13.5. The smallest absolute Gasteiger partial charge is 0.496 e. The van der Waals surface area contributed by atoms with Gasteiger partial charge >= 0.3 is 6.36 Å². The number of aromatic nitrogens is 2. The van der Waals surface area contributed by atoms with Crippen molar-refractivity contribution in [3.8, 4) is 34.3 Å². The van der Waals surface area contributed by atoms with Crippen molar-refractivity contribution in [2.75, 3.05) is 7.11 Å². The van der Waals surface area contributed by atoms with Gasteiger partial charge in [-0.1, -0.05) is 13.8 Å². The van der Waals surface area contributed by atoms with Crippen molar-refractivity contribution in [3.05, 3.63) is 61.1 Å². The van der Waals surface area contributed by atoms with Crippen molar-refractivity contribution in [2.45, 2.75) is 20.2 Å². The lowest BCUT2D eigenvalue weighted by atomic mass is 10.1. The van der Waals surface area contributed by atoms with E-state index in [0.29, 0.717) is 22.6 Å². The zero-order valence-corrected chi connectivity index (χ0v) is 15.5. The van der Waals surface area contributed by atoms with Crippen molar-refractivity contribution >= 4 is 0 Å². The third kappa shape index (κ3) is 5.60. The highest BCUT2D eigenvalue weighted by molar-refractivity contribution is 5.73. The molecule has 0 spiro atoms. The number of nitrogens with zero attached hydrogens (tertiary/aromatic N) is 2. The van der Waals surface area contributed by atoms with Crippen molar-refractivity contribution < 1.29 is 27.4 Å². The number of halogens is 3. The van der Waals surface area contributed by atoms with Crippen molar-refractivity contribution in [3.63, 3.8) is 0 Å². The molecule has 0 aliphatic heterocycles. The molecule has 0 unspecified atom stereocenters. The quantitative estimate of drug-likeness (QED) is 0.544. The number of rotatable bonds is 5. The Morgan fingerprint density at radius 1 is 0.857 bits per heavy atom. The summed E-state index contributed by atoms with van der Waals surface area (Å²) in [6.45, 7) is 4.00. The molecule has 0 N–H and O–H groups in total. The summed E-state index contributed by atoms with van der Waals surface area (Å²) in [5.74, 6) is 0.831. The van der Waals surface area contributed by atoms with Crippen LogP contribution in [0.4, 0.5) is 13.2 Å². The molecule has 0 fully saturated rings. The predicted molar refractivity (Wildman–Crippen MR) is 98.6 cm³/mol. The highest BCUT2D eigenvalue weighted by Crippen LogP contribution is 2.36. The summed E-state index contributed by atoms with van der Waals surface area (Å²) in [7, 11) is 1.54. The summed E-state index contributed by atoms with van der Waals surface area (Å²) in [5.41, 5.74) is 1.31. The minimum atomic E-state index is -4.74. The van der Waals surface area contributed by atoms with E-state index in [2.05, 4.69) is 14.7 Å². The zero-order chi connectivity index (χ0) is 20.6. The second-order valence-corrected chi connectivity index (χ2v) is 5.05. The van der Waals surface area contributed by atoms with Gasteiger partial charge in [-0.15, -0.1) is 13.2 Å². The molecule has 8 heteroatoms. The molecular formula is C20H19F3N2O3. The van der Waals surface area contributed by atoms with Crippen LogP contribution in [-0.2, 0) is 0 Å². The molecule has 0 aliphatic rings. The largest absolute Gasteiger partial charge is 0.573 e. The standard InChI is InChI=1S/C18H13F3N2O3.C2H6/c1-24-16-8-10-22-11-15(16)14-3-2-9-23-17(14)25-12-4-6-13(7-5-12)26-18(19,20)21;1-2/h2-11H,1H3;1-2H3. The molecule has 2 heterocycles. The zero-order valence-electron chi connectivity index (χ0n) is 15.5. The van der Waals surface area contributed by atoms with Crippen LogP contribution in [0.15, 0.2) is 61.1 Å². The van der Waals surface area contributed by atoms with E-state index in [-0.39, 0.29) is 11.6 Å². The van der Waals surface area contributed by atoms with Gasteiger partial charge in [0, 0.05) is 29.7 Å². The molecule has 2 aromatic heterocycles. The van der Waals surface area contributed by atoms with Crippen LogP contribution >= 0.6 is 0 Å². The van der Waals surface area contributed by atoms with E-state index in [1.54, 1.807) is 36.8 Å². The van der Waals surface area contributed by atoms with E-state index in [1.165, 1.54) is 19.2 Å². The topological polar surface area (TPSA) is 53.5 Å². The third-order valence-corrected chi connectivity index (χ3v) is 3.33. The van der Waals surface area contributed by atoms with Crippen LogP contribution in [0.5, 0.6) is 23.1 Å². The Hall–Kier alpha value is -3.29. The molecule has 148 valence electrons. The number of benzene rings is 1. The van der Waals surface area contributed by atoms with Gasteiger partial charge < -0.3 is 14.2 Å². The molecule has 3 rings (SSSR count). The van der Waals surface area contributed by atoms with Crippen molar-refractivity contribution in [1.29, 1.82) is 0 Å². The summed E-state index contributed by atoms with van der Waals surface area (Å²) in [6, 6.07) is 10.3. The van der Waals surface area contributed by atoms with E-state index in [4.69, 9.17) is 9.47 Å². The van der Waals surface area contributed by atoms with Crippen LogP contribution in [0.2, 0.25) is 0 Å². The second kappa shape index (κ2) is 9.59. The fourth-order valence-electron chi connectivity index (χ4n) is 2.26. The number of alkyl halides is 3. The summed E-state index contributed by atoms with van der Waals surface area (Å²) in [6.07, 6.45) is 0.0117. The minimum absolute atomic E-state index is 0.267. The lowest BCUT2D eigenvalue weighted by molar-refractivity contribution is -0.274. The maximum absolute atomic E-state index is 12.2. The molecule has 0 saturated heterocycles. The summed E-state index contributed by atoms with van der Waals surface area (Å²) >= 11 is 0. The van der Waals surface area contributed by atoms with E-state index in [9.17, 15) is 13.2 Å². The Morgan fingerprint density at radius 3 is 2.18 bits per heavy atom. The van der Waals surface area contributed by atoms with Gasteiger partial charge in [-0.2, -0.15) is 0 Å². The van der Waals surface area contributed by atoms with Crippen molar-refractivity contribution in [2.24, 2.45) is 0 Å². The van der Waals surface area contributed by atoms with Gasteiger partial charge in [0.05, 0.1) is 7.11 Å². The van der Waals surface area contributed by atoms with Gasteiger partial charge in [0.2, 0.25) is 5.88 Å². The molecule has 0 aliphatic carbocycles. The fourth-order valence-corrected chi connectivity index (χ4v) is 2.26. The highest BCUT2D eigenvalue weighted by atomic mass is 19.4. The lowest BCUT2D eigenvalue weighted by Crippen LogP contribution is -2.16. The number of methoxy groups -OCH3 is 1. The van der Waals surface area contributed by atoms with Crippen LogP contribution in [0.25, 0.3) is 11.1 Å². The minimum Gasteiger partial charge on any atom is -0.496 e. The summed E-state index contributed by atoms with van der Waals surface area (Å²) in [4.78, 5) is 8.27. The Morgan fingerprint density at radius 2 is 1.54 bits per heavy atom. The average molecular weight is 392 g/mol. The van der Waals surface area contributed by atoms with Gasteiger partial charge in [0.15, 0.2) is 0 Å². The van der Waals surface area contributed by atoms with Crippen LogP contribution in [0, 0.1) is 0 Å². The van der Waals surface area contributed by atoms with Gasteiger partial charge in [-0.05, 0) is 42.5 Å². The summed E-state index contributed by atoms with van der Waals surface area (Å²) in [5, 5.41) is 0. The van der Waals surface area contributed by atoms with Crippen LogP contribution < -0.4 is 14.2 Å². The third-order valence-electron chi connectivity index (χ3n) is 3.33. The summed E-state index contributed by atoms with van der Waals surface area (Å²) < 4.78 is 51.5. The van der Waals surface area contributed by atoms with Crippen LogP contribution in [0.1, 0.15) is 13.8 Å². The molecule has 0 radical (unpaired) electrons. The van der Waals surface area contributed by atoms with E-state index >= 15 is 0 Å². The van der Waals surface area contributed by atoms with E-state index in [0.717, 1.165) is 12.1 Å². The van der Waals surface area contributed by atoms with Gasteiger partial charge in [-0.25, -0.2) is 4.98 Å². The van der Waals surface area contributed by atoms with E-state index < -0.39 is 6.36 Å². The number of hydrogen-bond donors (Lipinski definition) is 0. The molecule has 5 nitrogen and oxygen atoms in total. The lowest BCUT2D eigenvalue weighted by Gasteiger charge is -2.13. The molecule has 1 aromatic carbocycles. The molecule has 0 saturated carbocycles. The fraction of sp³-hybridized carbons (Fsp3) is 0.200. The van der Waals surface area contributed by atoms with Gasteiger partial charge in [0.1, 0.15) is 17.2 Å². The SMILES string of the molecule is CC.COc1ccncc1-c1cccnc1Oc1ccc(OC(F)(F)F)cc1. The Labute approximate surface area is 160 Å².